The van der Waals surface area contributed by atoms with Crippen LogP contribution in [0.4, 0.5) is 4.39 Å². The largest absolute Gasteiger partial charge is 0.313 e. The second kappa shape index (κ2) is 8.20. The van der Waals surface area contributed by atoms with Gasteiger partial charge in [-0.05, 0) is 49.2 Å². The van der Waals surface area contributed by atoms with E-state index < -0.39 is 0 Å². The first-order valence-corrected chi connectivity index (χ1v) is 8.25. The lowest BCUT2D eigenvalue weighted by Gasteiger charge is -2.17. The predicted octanol–water partition coefficient (Wildman–Crippen LogP) is 3.26. The molecule has 0 spiro atoms. The average molecular weight is 307 g/mol. The summed E-state index contributed by atoms with van der Waals surface area (Å²) in [5.41, 5.74) is 1.27. The summed E-state index contributed by atoms with van der Waals surface area (Å²) < 4.78 is 14.7. The number of halogens is 1. The van der Waals surface area contributed by atoms with Crippen molar-refractivity contribution in [2.24, 2.45) is 7.05 Å². The average Bonchev–Trinajstić information content (AvgIpc) is 2.89. The molecule has 1 aromatic carbocycles. The fourth-order valence-corrected chi connectivity index (χ4v) is 3.21. The maximum absolute atomic E-state index is 12.9. The highest BCUT2D eigenvalue weighted by Crippen LogP contribution is 2.20. The zero-order valence-electron chi connectivity index (χ0n) is 12.6. The van der Waals surface area contributed by atoms with Crippen LogP contribution in [0.1, 0.15) is 18.9 Å². The molecular formula is C16H22FN3S. The minimum atomic E-state index is -0.181. The second-order valence-corrected chi connectivity index (χ2v) is 6.17. The Morgan fingerprint density at radius 3 is 2.71 bits per heavy atom. The highest BCUT2D eigenvalue weighted by Gasteiger charge is 2.09. The Bertz CT molecular complexity index is 539. The molecule has 1 unspecified atom stereocenters. The van der Waals surface area contributed by atoms with Gasteiger partial charge in [0.05, 0.1) is 6.20 Å². The van der Waals surface area contributed by atoms with Crippen LogP contribution in [0.5, 0.6) is 0 Å². The quantitative estimate of drug-likeness (QED) is 0.759. The smallest absolute Gasteiger partial charge is 0.123 e. The highest BCUT2D eigenvalue weighted by molar-refractivity contribution is 7.99. The number of benzene rings is 1. The molecule has 1 N–H and O–H groups in total. The minimum absolute atomic E-state index is 0.181. The van der Waals surface area contributed by atoms with Gasteiger partial charge in [-0.2, -0.15) is 5.10 Å². The van der Waals surface area contributed by atoms with Crippen LogP contribution in [-0.4, -0.2) is 28.1 Å². The number of hydrogen-bond donors (Lipinski definition) is 1. The van der Waals surface area contributed by atoms with Crippen molar-refractivity contribution >= 4 is 11.8 Å². The Kier molecular flexibility index (Phi) is 6.26. The molecule has 0 aliphatic rings. The van der Waals surface area contributed by atoms with E-state index in [0.29, 0.717) is 6.04 Å². The molecule has 0 aliphatic heterocycles. The molecular weight excluding hydrogens is 285 g/mol. The van der Waals surface area contributed by atoms with E-state index in [1.807, 2.05) is 30.1 Å². The Balaban J connectivity index is 1.82. The third-order valence-corrected chi connectivity index (χ3v) is 4.47. The first-order valence-electron chi connectivity index (χ1n) is 7.26. The number of rotatable bonds is 8. The van der Waals surface area contributed by atoms with E-state index in [1.165, 1.54) is 17.7 Å². The van der Waals surface area contributed by atoms with Gasteiger partial charge in [0.25, 0.3) is 0 Å². The summed E-state index contributed by atoms with van der Waals surface area (Å²) >= 11 is 1.77. The highest BCUT2D eigenvalue weighted by atomic mass is 32.2. The van der Waals surface area contributed by atoms with Crippen molar-refractivity contribution in [3.63, 3.8) is 0 Å². The molecule has 1 atom stereocenters. The van der Waals surface area contributed by atoms with E-state index in [1.54, 1.807) is 11.8 Å². The van der Waals surface area contributed by atoms with Crippen molar-refractivity contribution in [1.29, 1.82) is 0 Å². The van der Waals surface area contributed by atoms with E-state index in [9.17, 15) is 4.39 Å². The van der Waals surface area contributed by atoms with Crippen LogP contribution in [0.25, 0.3) is 0 Å². The Morgan fingerprint density at radius 2 is 2.10 bits per heavy atom. The molecule has 3 nitrogen and oxygen atoms in total. The van der Waals surface area contributed by atoms with Gasteiger partial charge in [-0.15, -0.1) is 11.8 Å². The van der Waals surface area contributed by atoms with Crippen molar-refractivity contribution in [2.75, 3.05) is 12.3 Å². The molecule has 1 aromatic heterocycles. The molecule has 0 amide bonds. The van der Waals surface area contributed by atoms with E-state index >= 15 is 0 Å². The molecule has 0 bridgehead atoms. The number of nitrogens with zero attached hydrogens (tertiary/aromatic N) is 2. The zero-order chi connectivity index (χ0) is 15.1. The number of aromatic nitrogens is 2. The normalized spacial score (nSPS) is 12.5. The monoisotopic (exact) mass is 307 g/mol. The molecule has 0 fully saturated rings. The molecule has 0 radical (unpaired) electrons. The predicted molar refractivity (Wildman–Crippen MR) is 86.1 cm³/mol. The Labute approximate surface area is 129 Å². The van der Waals surface area contributed by atoms with Crippen molar-refractivity contribution in [3.05, 3.63) is 48.0 Å². The number of aryl methyl sites for hydroxylation is 2. The first-order chi connectivity index (χ1) is 10.2. The van der Waals surface area contributed by atoms with Crippen LogP contribution in [0.3, 0.4) is 0 Å². The van der Waals surface area contributed by atoms with Gasteiger partial charge in [0.1, 0.15) is 5.82 Å². The molecule has 0 saturated carbocycles. The maximum atomic E-state index is 12.9. The molecule has 0 aliphatic carbocycles. The number of thioether (sulfide) groups is 1. The van der Waals surface area contributed by atoms with Crippen LogP contribution in [-0.2, 0) is 13.5 Å². The van der Waals surface area contributed by atoms with Crippen molar-refractivity contribution in [2.45, 2.75) is 30.7 Å². The van der Waals surface area contributed by atoms with Gasteiger partial charge >= 0.3 is 0 Å². The van der Waals surface area contributed by atoms with E-state index in [2.05, 4.69) is 23.5 Å². The molecule has 2 aromatic rings. The summed E-state index contributed by atoms with van der Waals surface area (Å²) in [4.78, 5) is 1.11. The zero-order valence-corrected chi connectivity index (χ0v) is 13.4. The topological polar surface area (TPSA) is 29.9 Å². The van der Waals surface area contributed by atoms with Crippen molar-refractivity contribution in [1.82, 2.24) is 15.1 Å². The fraction of sp³-hybridized carbons (Fsp3) is 0.438. The third-order valence-electron chi connectivity index (χ3n) is 3.30. The van der Waals surface area contributed by atoms with Crippen molar-refractivity contribution < 1.29 is 4.39 Å². The molecule has 2 rings (SSSR count). The third kappa shape index (κ3) is 5.52. The summed E-state index contributed by atoms with van der Waals surface area (Å²) in [7, 11) is 1.94. The van der Waals surface area contributed by atoms with Crippen molar-refractivity contribution in [3.8, 4) is 0 Å². The molecule has 21 heavy (non-hydrogen) atoms. The summed E-state index contributed by atoms with van der Waals surface area (Å²) in [6.07, 6.45) is 6.09. The Morgan fingerprint density at radius 1 is 1.33 bits per heavy atom. The molecule has 0 saturated heterocycles. The summed E-state index contributed by atoms with van der Waals surface area (Å²) in [6.45, 7) is 3.08. The first kappa shape index (κ1) is 16.0. The van der Waals surface area contributed by atoms with Crippen LogP contribution in [0, 0.1) is 5.82 Å². The maximum Gasteiger partial charge on any atom is 0.123 e. The van der Waals surface area contributed by atoms with Crippen LogP contribution < -0.4 is 5.32 Å². The van der Waals surface area contributed by atoms with Gasteiger partial charge in [0, 0.05) is 29.9 Å². The lowest BCUT2D eigenvalue weighted by Crippen LogP contribution is -2.31. The van der Waals surface area contributed by atoms with Gasteiger partial charge < -0.3 is 5.32 Å². The van der Waals surface area contributed by atoms with Gasteiger partial charge in [-0.1, -0.05) is 6.92 Å². The van der Waals surface area contributed by atoms with Gasteiger partial charge in [0.2, 0.25) is 0 Å². The van der Waals surface area contributed by atoms with E-state index in [-0.39, 0.29) is 5.82 Å². The second-order valence-electron chi connectivity index (χ2n) is 5.08. The van der Waals surface area contributed by atoms with Crippen LogP contribution >= 0.6 is 11.8 Å². The minimum Gasteiger partial charge on any atom is -0.313 e. The Hall–Kier alpha value is -1.33. The molecule has 1 heterocycles. The lowest BCUT2D eigenvalue weighted by atomic mass is 10.1. The van der Waals surface area contributed by atoms with E-state index in [0.717, 1.165) is 30.0 Å². The van der Waals surface area contributed by atoms with Crippen LogP contribution in [0.2, 0.25) is 0 Å². The van der Waals surface area contributed by atoms with Gasteiger partial charge in [0.15, 0.2) is 0 Å². The van der Waals surface area contributed by atoms with Gasteiger partial charge in [-0.3, -0.25) is 4.68 Å². The summed E-state index contributed by atoms with van der Waals surface area (Å²) in [5.74, 6) is 0.805. The standard InChI is InChI=1S/C16H22FN3S/c1-3-18-15(7-4-13-10-19-20(2)11-13)12-21-16-8-5-14(17)6-9-16/h5-6,8-11,15,18H,3-4,7,12H2,1-2H3. The molecule has 114 valence electrons. The van der Waals surface area contributed by atoms with Gasteiger partial charge in [-0.25, -0.2) is 4.39 Å². The molecule has 5 heteroatoms. The fourth-order valence-electron chi connectivity index (χ4n) is 2.20. The van der Waals surface area contributed by atoms with E-state index in [4.69, 9.17) is 0 Å². The van der Waals surface area contributed by atoms with Crippen LogP contribution in [0.15, 0.2) is 41.6 Å². The SMILES string of the molecule is CCNC(CCc1cnn(C)c1)CSc1ccc(F)cc1. The number of nitrogens with one attached hydrogen (secondary N) is 1. The summed E-state index contributed by atoms with van der Waals surface area (Å²) in [6, 6.07) is 7.15. The number of hydrogen-bond acceptors (Lipinski definition) is 3. The summed E-state index contributed by atoms with van der Waals surface area (Å²) in [5, 5.41) is 7.72. The lowest BCUT2D eigenvalue weighted by molar-refractivity contribution is 0.537.